The van der Waals surface area contributed by atoms with Gasteiger partial charge in [0.2, 0.25) is 5.24 Å². The van der Waals surface area contributed by atoms with E-state index in [-0.39, 0.29) is 12.5 Å². The van der Waals surface area contributed by atoms with Crippen molar-refractivity contribution in [2.75, 3.05) is 6.61 Å². The third kappa shape index (κ3) is 4.75. The van der Waals surface area contributed by atoms with Crippen molar-refractivity contribution in [1.29, 1.82) is 0 Å². The molecule has 0 aliphatic heterocycles. The van der Waals surface area contributed by atoms with E-state index >= 15 is 0 Å². The van der Waals surface area contributed by atoms with Crippen LogP contribution < -0.4 is 10.1 Å². The Balaban J connectivity index is 2.41. The van der Waals surface area contributed by atoms with E-state index in [1.165, 1.54) is 0 Å². The predicted octanol–water partition coefficient (Wildman–Crippen LogP) is 2.03. The molecule has 1 aromatic carbocycles. The molecule has 0 bridgehead atoms. The van der Waals surface area contributed by atoms with Gasteiger partial charge in [0.15, 0.2) is 6.61 Å². The molecular weight excluding hydrogens is 254 g/mol. The van der Waals surface area contributed by atoms with E-state index in [1.54, 1.807) is 19.1 Å². The molecule has 1 amide bonds. The normalized spacial score (nSPS) is 11.7. The van der Waals surface area contributed by atoms with Crippen molar-refractivity contribution < 1.29 is 14.3 Å². The number of amides is 1. The van der Waals surface area contributed by atoms with Gasteiger partial charge in [-0.1, -0.05) is 24.6 Å². The Morgan fingerprint density at radius 3 is 2.44 bits per heavy atom. The van der Waals surface area contributed by atoms with Gasteiger partial charge in [-0.3, -0.25) is 9.59 Å². The van der Waals surface area contributed by atoms with Crippen LogP contribution >= 0.6 is 11.6 Å². The van der Waals surface area contributed by atoms with Gasteiger partial charge < -0.3 is 10.1 Å². The van der Waals surface area contributed by atoms with E-state index in [4.69, 9.17) is 16.3 Å². The van der Waals surface area contributed by atoms with E-state index in [0.717, 1.165) is 5.56 Å². The summed E-state index contributed by atoms with van der Waals surface area (Å²) >= 11 is 5.33. The molecule has 18 heavy (non-hydrogen) atoms. The zero-order valence-electron chi connectivity index (χ0n) is 10.4. The quantitative estimate of drug-likeness (QED) is 0.804. The summed E-state index contributed by atoms with van der Waals surface area (Å²) in [6, 6.07) is 6.70. The molecule has 1 rings (SSSR count). The summed E-state index contributed by atoms with van der Waals surface area (Å²) in [5.74, 6) is 0.248. The van der Waals surface area contributed by atoms with Crippen LogP contribution in [0.2, 0.25) is 0 Å². The van der Waals surface area contributed by atoms with Crippen molar-refractivity contribution in [2.45, 2.75) is 26.3 Å². The fraction of sp³-hybridized carbons (Fsp3) is 0.385. The largest absolute Gasteiger partial charge is 0.484 e. The van der Waals surface area contributed by atoms with Crippen molar-refractivity contribution in [3.63, 3.8) is 0 Å². The van der Waals surface area contributed by atoms with E-state index in [1.807, 2.05) is 19.1 Å². The molecule has 0 saturated heterocycles. The highest BCUT2D eigenvalue weighted by Crippen LogP contribution is 2.11. The third-order valence-corrected chi connectivity index (χ3v) is 2.67. The van der Waals surface area contributed by atoms with Crippen LogP contribution in [0.1, 0.15) is 18.9 Å². The van der Waals surface area contributed by atoms with Crippen molar-refractivity contribution >= 4 is 22.8 Å². The zero-order valence-corrected chi connectivity index (χ0v) is 11.2. The summed E-state index contributed by atoms with van der Waals surface area (Å²) in [5.41, 5.74) is 1.12. The summed E-state index contributed by atoms with van der Waals surface area (Å²) in [5, 5.41) is 1.93. The Kier molecular flexibility index (Phi) is 5.65. The second kappa shape index (κ2) is 7.01. The van der Waals surface area contributed by atoms with Gasteiger partial charge in [0.25, 0.3) is 5.91 Å². The Morgan fingerprint density at radius 2 is 1.94 bits per heavy atom. The zero-order chi connectivity index (χ0) is 13.5. The minimum Gasteiger partial charge on any atom is -0.484 e. The number of aryl methyl sites for hydroxylation is 1. The molecule has 0 radical (unpaired) electrons. The van der Waals surface area contributed by atoms with E-state index in [0.29, 0.717) is 12.2 Å². The number of halogens is 1. The van der Waals surface area contributed by atoms with E-state index in [9.17, 15) is 9.59 Å². The van der Waals surface area contributed by atoms with Gasteiger partial charge in [-0.25, -0.2) is 0 Å². The molecule has 0 aromatic heterocycles. The lowest BCUT2D eigenvalue weighted by Crippen LogP contribution is -2.40. The van der Waals surface area contributed by atoms with Gasteiger partial charge >= 0.3 is 0 Å². The first kappa shape index (κ1) is 14.5. The summed E-state index contributed by atoms with van der Waals surface area (Å²) in [6.07, 6.45) is 0.457. The number of rotatable bonds is 6. The fourth-order valence-electron chi connectivity index (χ4n) is 1.34. The monoisotopic (exact) mass is 269 g/mol. The van der Waals surface area contributed by atoms with Crippen molar-refractivity contribution in [2.24, 2.45) is 0 Å². The molecule has 98 valence electrons. The Bertz CT molecular complexity index is 417. The number of hydrogen-bond acceptors (Lipinski definition) is 3. The summed E-state index contributed by atoms with van der Waals surface area (Å²) in [7, 11) is 0. The van der Waals surface area contributed by atoms with Crippen LogP contribution in [0.4, 0.5) is 0 Å². The minimum absolute atomic E-state index is 0.135. The average molecular weight is 270 g/mol. The highest BCUT2D eigenvalue weighted by Gasteiger charge is 2.16. The maximum absolute atomic E-state index is 11.5. The van der Waals surface area contributed by atoms with Crippen LogP contribution in [0.3, 0.4) is 0 Å². The van der Waals surface area contributed by atoms with E-state index < -0.39 is 11.3 Å². The van der Waals surface area contributed by atoms with Crippen LogP contribution in [0.15, 0.2) is 24.3 Å². The Labute approximate surface area is 111 Å². The molecule has 0 spiro atoms. The van der Waals surface area contributed by atoms with Crippen molar-refractivity contribution in [3.05, 3.63) is 29.8 Å². The highest BCUT2D eigenvalue weighted by atomic mass is 35.5. The van der Waals surface area contributed by atoms with E-state index in [2.05, 4.69) is 5.32 Å². The third-order valence-electron chi connectivity index (χ3n) is 2.41. The summed E-state index contributed by atoms with van der Waals surface area (Å²) in [6.45, 7) is 3.60. The van der Waals surface area contributed by atoms with Gasteiger partial charge in [0.05, 0.1) is 0 Å². The first-order valence-corrected chi connectivity index (χ1v) is 6.09. The molecular formula is C13H16ClNO3. The first-order valence-electron chi connectivity index (χ1n) is 5.71. The summed E-state index contributed by atoms with van der Waals surface area (Å²) < 4.78 is 5.28. The second-order valence-corrected chi connectivity index (χ2v) is 4.31. The first-order chi connectivity index (χ1) is 8.52. The van der Waals surface area contributed by atoms with Gasteiger partial charge in [0, 0.05) is 0 Å². The molecule has 1 aromatic rings. The van der Waals surface area contributed by atoms with Crippen LogP contribution in [0.5, 0.6) is 5.75 Å². The van der Waals surface area contributed by atoms with Gasteiger partial charge in [-0.15, -0.1) is 0 Å². The molecule has 0 aliphatic rings. The van der Waals surface area contributed by atoms with Crippen LogP contribution in [-0.2, 0) is 9.59 Å². The molecule has 1 atom stereocenters. The Hall–Kier alpha value is -1.55. The molecule has 4 nitrogen and oxygen atoms in total. The number of benzene rings is 1. The standard InChI is InChI=1S/C13H16ClNO3/c1-3-11(13(14)17)15-12(16)8-18-10-6-4-9(2)5-7-10/h4-7,11H,3,8H2,1-2H3,(H,15,16). The molecule has 1 unspecified atom stereocenters. The lowest BCUT2D eigenvalue weighted by atomic mass is 10.2. The van der Waals surface area contributed by atoms with Crippen LogP contribution in [0, 0.1) is 6.92 Å². The molecule has 0 aliphatic carbocycles. The maximum atomic E-state index is 11.5. The minimum atomic E-state index is -0.652. The molecule has 1 N–H and O–H groups in total. The topological polar surface area (TPSA) is 55.4 Å². The SMILES string of the molecule is CCC(NC(=O)COc1ccc(C)cc1)C(=O)Cl. The number of carbonyl (C=O) groups is 2. The average Bonchev–Trinajstić information content (AvgIpc) is 2.35. The van der Waals surface area contributed by atoms with Crippen LogP contribution in [-0.4, -0.2) is 23.8 Å². The lowest BCUT2D eigenvalue weighted by Gasteiger charge is -2.12. The predicted molar refractivity (Wildman–Crippen MR) is 69.8 cm³/mol. The number of nitrogens with one attached hydrogen (secondary N) is 1. The second-order valence-electron chi connectivity index (χ2n) is 3.93. The van der Waals surface area contributed by atoms with Gasteiger partial charge in [-0.2, -0.15) is 0 Å². The van der Waals surface area contributed by atoms with Crippen LogP contribution in [0.25, 0.3) is 0 Å². The summed E-state index contributed by atoms with van der Waals surface area (Å²) in [4.78, 5) is 22.4. The van der Waals surface area contributed by atoms with Crippen molar-refractivity contribution in [3.8, 4) is 5.75 Å². The number of hydrogen-bond donors (Lipinski definition) is 1. The van der Waals surface area contributed by atoms with Gasteiger partial charge in [-0.05, 0) is 37.1 Å². The van der Waals surface area contributed by atoms with Crippen molar-refractivity contribution in [1.82, 2.24) is 5.32 Å². The highest BCUT2D eigenvalue weighted by molar-refractivity contribution is 6.64. The Morgan fingerprint density at radius 1 is 1.33 bits per heavy atom. The smallest absolute Gasteiger partial charge is 0.258 e. The lowest BCUT2D eigenvalue weighted by molar-refractivity contribution is -0.126. The number of ether oxygens (including phenoxy) is 1. The van der Waals surface area contributed by atoms with Gasteiger partial charge in [0.1, 0.15) is 11.8 Å². The molecule has 5 heteroatoms. The number of carbonyl (C=O) groups excluding carboxylic acids is 2. The molecule has 0 heterocycles. The fourth-order valence-corrected chi connectivity index (χ4v) is 1.55. The maximum Gasteiger partial charge on any atom is 0.258 e. The molecule has 0 fully saturated rings. The molecule has 0 saturated carbocycles.